The summed E-state index contributed by atoms with van der Waals surface area (Å²) in [5.74, 6) is 0.528. The molecule has 0 saturated heterocycles. The van der Waals surface area contributed by atoms with Gasteiger partial charge in [-0.25, -0.2) is 0 Å². The van der Waals surface area contributed by atoms with Gasteiger partial charge in [-0.05, 0) is 29.9 Å². The fourth-order valence-corrected chi connectivity index (χ4v) is 3.13. The Labute approximate surface area is 122 Å². The average Bonchev–Trinajstić information content (AvgIpc) is 2.65. The van der Waals surface area contributed by atoms with Crippen LogP contribution in [-0.2, 0) is 6.42 Å². The molecule has 0 bridgehead atoms. The van der Waals surface area contributed by atoms with Crippen molar-refractivity contribution in [2.45, 2.75) is 76.4 Å². The molecule has 20 heavy (non-hydrogen) atoms. The lowest BCUT2D eigenvalue weighted by molar-refractivity contribution is -0.0836. The molecule has 2 N–H and O–H groups in total. The van der Waals surface area contributed by atoms with Crippen molar-refractivity contribution >= 4 is 0 Å². The third kappa shape index (κ3) is 3.83. The van der Waals surface area contributed by atoms with Crippen LogP contribution in [0.1, 0.15) is 69.4 Å². The lowest BCUT2D eigenvalue weighted by Gasteiger charge is -2.32. The van der Waals surface area contributed by atoms with Gasteiger partial charge in [0.15, 0.2) is 0 Å². The maximum absolute atomic E-state index is 10.7. The lowest BCUT2D eigenvalue weighted by Crippen LogP contribution is -2.43. The molecule has 1 saturated carbocycles. The van der Waals surface area contributed by atoms with Gasteiger partial charge in [-0.15, -0.1) is 0 Å². The van der Waals surface area contributed by atoms with Crippen molar-refractivity contribution in [3.05, 3.63) is 35.4 Å². The first-order chi connectivity index (χ1) is 9.51. The van der Waals surface area contributed by atoms with E-state index in [0.717, 1.165) is 31.2 Å². The molecule has 1 aliphatic carbocycles. The summed E-state index contributed by atoms with van der Waals surface area (Å²) in [6.07, 6.45) is 5.78. The molecule has 2 rings (SSSR count). The van der Waals surface area contributed by atoms with E-state index >= 15 is 0 Å². The SMILES string of the molecule is CC(C)c1ccc(CC(O)C2(O)CCCCCC2)cc1. The molecule has 112 valence electrons. The summed E-state index contributed by atoms with van der Waals surface area (Å²) < 4.78 is 0. The van der Waals surface area contributed by atoms with Crippen molar-refractivity contribution in [1.29, 1.82) is 0 Å². The first kappa shape index (κ1) is 15.5. The minimum atomic E-state index is -0.882. The Bertz CT molecular complexity index is 400. The van der Waals surface area contributed by atoms with E-state index in [-0.39, 0.29) is 0 Å². The minimum Gasteiger partial charge on any atom is -0.390 e. The molecular weight excluding hydrogens is 248 g/mol. The smallest absolute Gasteiger partial charge is 0.0908 e. The van der Waals surface area contributed by atoms with E-state index in [4.69, 9.17) is 0 Å². The van der Waals surface area contributed by atoms with Crippen molar-refractivity contribution < 1.29 is 10.2 Å². The molecule has 1 fully saturated rings. The average molecular weight is 276 g/mol. The van der Waals surface area contributed by atoms with Gasteiger partial charge < -0.3 is 10.2 Å². The van der Waals surface area contributed by atoms with Gasteiger partial charge in [0.2, 0.25) is 0 Å². The minimum absolute atomic E-state index is 0.528. The summed E-state index contributed by atoms with van der Waals surface area (Å²) in [7, 11) is 0. The molecule has 0 aromatic heterocycles. The standard InChI is InChI=1S/C18H28O2/c1-14(2)16-9-7-15(8-10-16)13-17(19)18(20)11-5-3-4-6-12-18/h7-10,14,17,19-20H,3-6,11-13H2,1-2H3. The van der Waals surface area contributed by atoms with Gasteiger partial charge in [0, 0.05) is 6.42 Å². The quantitative estimate of drug-likeness (QED) is 0.821. The van der Waals surface area contributed by atoms with Gasteiger partial charge in [-0.2, -0.15) is 0 Å². The van der Waals surface area contributed by atoms with Gasteiger partial charge >= 0.3 is 0 Å². The topological polar surface area (TPSA) is 40.5 Å². The largest absolute Gasteiger partial charge is 0.390 e. The zero-order valence-electron chi connectivity index (χ0n) is 12.8. The normalized spacial score (nSPS) is 20.6. The molecule has 2 heteroatoms. The summed E-state index contributed by atoms with van der Waals surface area (Å²) >= 11 is 0. The molecule has 0 aliphatic heterocycles. The van der Waals surface area contributed by atoms with Crippen molar-refractivity contribution in [3.63, 3.8) is 0 Å². The van der Waals surface area contributed by atoms with E-state index in [1.807, 2.05) is 0 Å². The van der Waals surface area contributed by atoms with Crippen molar-refractivity contribution in [2.24, 2.45) is 0 Å². The first-order valence-corrected chi connectivity index (χ1v) is 8.00. The molecule has 1 aromatic rings. The van der Waals surface area contributed by atoms with Crippen LogP contribution in [0.3, 0.4) is 0 Å². The van der Waals surface area contributed by atoms with Crippen LogP contribution in [0.15, 0.2) is 24.3 Å². The third-order valence-electron chi connectivity index (χ3n) is 4.67. The Kier molecular flexibility index (Phi) is 5.22. The Morgan fingerprint density at radius 2 is 1.55 bits per heavy atom. The Morgan fingerprint density at radius 1 is 1.00 bits per heavy atom. The first-order valence-electron chi connectivity index (χ1n) is 8.00. The summed E-state index contributed by atoms with van der Waals surface area (Å²) in [5, 5.41) is 21.1. The molecule has 0 radical (unpaired) electrons. The highest BCUT2D eigenvalue weighted by atomic mass is 16.3. The Balaban J connectivity index is 2.00. The van der Waals surface area contributed by atoms with Gasteiger partial charge in [0.1, 0.15) is 0 Å². The van der Waals surface area contributed by atoms with Gasteiger partial charge in [-0.3, -0.25) is 0 Å². The molecule has 0 amide bonds. The monoisotopic (exact) mass is 276 g/mol. The van der Waals surface area contributed by atoms with Crippen LogP contribution in [0.25, 0.3) is 0 Å². The van der Waals surface area contributed by atoms with Crippen LogP contribution in [0.2, 0.25) is 0 Å². The maximum Gasteiger partial charge on any atom is 0.0908 e. The third-order valence-corrected chi connectivity index (χ3v) is 4.67. The number of rotatable bonds is 4. The molecule has 1 aromatic carbocycles. The lowest BCUT2D eigenvalue weighted by atomic mass is 9.85. The molecule has 2 nitrogen and oxygen atoms in total. The highest BCUT2D eigenvalue weighted by molar-refractivity contribution is 5.25. The highest BCUT2D eigenvalue weighted by Crippen LogP contribution is 2.31. The fraction of sp³-hybridized carbons (Fsp3) is 0.667. The van der Waals surface area contributed by atoms with Crippen molar-refractivity contribution in [3.8, 4) is 0 Å². The molecule has 0 spiro atoms. The molecule has 0 heterocycles. The summed E-state index contributed by atoms with van der Waals surface area (Å²) in [4.78, 5) is 0. The van der Waals surface area contributed by atoms with E-state index < -0.39 is 11.7 Å². The second-order valence-electron chi connectivity index (χ2n) is 6.63. The van der Waals surface area contributed by atoms with Crippen molar-refractivity contribution in [1.82, 2.24) is 0 Å². The zero-order valence-corrected chi connectivity index (χ0v) is 12.8. The van der Waals surface area contributed by atoms with Gasteiger partial charge in [0.25, 0.3) is 0 Å². The predicted molar refractivity (Wildman–Crippen MR) is 82.9 cm³/mol. The van der Waals surface area contributed by atoms with E-state index in [2.05, 4.69) is 38.1 Å². The van der Waals surface area contributed by atoms with E-state index in [9.17, 15) is 10.2 Å². The van der Waals surface area contributed by atoms with E-state index in [0.29, 0.717) is 12.3 Å². The second-order valence-corrected chi connectivity index (χ2v) is 6.63. The molecule has 1 unspecified atom stereocenters. The van der Waals surface area contributed by atoms with Crippen LogP contribution < -0.4 is 0 Å². The van der Waals surface area contributed by atoms with Crippen LogP contribution in [-0.4, -0.2) is 21.9 Å². The Hall–Kier alpha value is -0.860. The number of aliphatic hydroxyl groups is 2. The van der Waals surface area contributed by atoms with Crippen LogP contribution in [0.4, 0.5) is 0 Å². The summed E-state index contributed by atoms with van der Waals surface area (Å²) in [5.41, 5.74) is 1.55. The van der Waals surface area contributed by atoms with Gasteiger partial charge in [0.05, 0.1) is 11.7 Å². The molecule has 1 atom stereocenters. The number of hydrogen-bond acceptors (Lipinski definition) is 2. The zero-order chi connectivity index (χ0) is 14.6. The number of aliphatic hydroxyl groups excluding tert-OH is 1. The number of hydrogen-bond donors (Lipinski definition) is 2. The number of benzene rings is 1. The molecule has 1 aliphatic rings. The van der Waals surface area contributed by atoms with E-state index in [1.165, 1.54) is 18.4 Å². The summed E-state index contributed by atoms with van der Waals surface area (Å²) in [6, 6.07) is 8.42. The van der Waals surface area contributed by atoms with Crippen LogP contribution in [0, 0.1) is 0 Å². The Morgan fingerprint density at radius 3 is 2.05 bits per heavy atom. The maximum atomic E-state index is 10.7. The van der Waals surface area contributed by atoms with Crippen LogP contribution in [0.5, 0.6) is 0 Å². The van der Waals surface area contributed by atoms with Crippen molar-refractivity contribution in [2.75, 3.05) is 0 Å². The molecular formula is C18H28O2. The van der Waals surface area contributed by atoms with Crippen LogP contribution >= 0.6 is 0 Å². The second kappa shape index (κ2) is 6.73. The fourth-order valence-electron chi connectivity index (χ4n) is 3.13. The van der Waals surface area contributed by atoms with E-state index in [1.54, 1.807) is 0 Å². The van der Waals surface area contributed by atoms with Gasteiger partial charge in [-0.1, -0.05) is 63.8 Å². The highest BCUT2D eigenvalue weighted by Gasteiger charge is 2.35. The predicted octanol–water partition coefficient (Wildman–Crippen LogP) is 3.80. The summed E-state index contributed by atoms with van der Waals surface area (Å²) in [6.45, 7) is 4.36.